The van der Waals surface area contributed by atoms with Gasteiger partial charge in [0.05, 0.1) is 5.52 Å². The van der Waals surface area contributed by atoms with Crippen LogP contribution >= 0.6 is 0 Å². The SMILES string of the molecule is CC1(C)CCCN(Cc2ccc(N)c3cccnc23)CC1. The summed E-state index contributed by atoms with van der Waals surface area (Å²) in [6.45, 7) is 8.10. The van der Waals surface area contributed by atoms with Crippen LogP contribution in [0.2, 0.25) is 0 Å². The Labute approximate surface area is 127 Å². The minimum absolute atomic E-state index is 0.482. The van der Waals surface area contributed by atoms with E-state index in [1.165, 1.54) is 37.9 Å². The summed E-state index contributed by atoms with van der Waals surface area (Å²) in [6.07, 6.45) is 5.74. The monoisotopic (exact) mass is 283 g/mol. The summed E-state index contributed by atoms with van der Waals surface area (Å²) in [7, 11) is 0. The Bertz CT molecular complexity index is 633. The van der Waals surface area contributed by atoms with Crippen molar-refractivity contribution in [3.8, 4) is 0 Å². The van der Waals surface area contributed by atoms with E-state index in [0.29, 0.717) is 5.41 Å². The fourth-order valence-corrected chi connectivity index (χ4v) is 3.26. The quantitative estimate of drug-likeness (QED) is 0.852. The highest BCUT2D eigenvalue weighted by atomic mass is 15.1. The number of nitrogens with zero attached hydrogens (tertiary/aromatic N) is 2. The Morgan fingerprint density at radius 3 is 2.90 bits per heavy atom. The van der Waals surface area contributed by atoms with E-state index in [9.17, 15) is 0 Å². The number of pyridine rings is 1. The molecule has 1 aromatic carbocycles. The van der Waals surface area contributed by atoms with E-state index in [-0.39, 0.29) is 0 Å². The molecular weight excluding hydrogens is 258 g/mol. The molecule has 2 heterocycles. The number of hydrogen-bond acceptors (Lipinski definition) is 3. The molecule has 0 aliphatic carbocycles. The molecule has 2 N–H and O–H groups in total. The number of nitrogens with two attached hydrogens (primary N) is 1. The van der Waals surface area contributed by atoms with Crippen molar-refractivity contribution in [2.45, 2.75) is 39.7 Å². The Hall–Kier alpha value is -1.61. The molecule has 112 valence electrons. The molecule has 1 aliphatic rings. The fraction of sp³-hybridized carbons (Fsp3) is 0.500. The number of hydrogen-bond donors (Lipinski definition) is 1. The number of rotatable bonds is 2. The molecule has 21 heavy (non-hydrogen) atoms. The van der Waals surface area contributed by atoms with Gasteiger partial charge < -0.3 is 5.73 Å². The van der Waals surface area contributed by atoms with Gasteiger partial charge in [-0.25, -0.2) is 0 Å². The maximum Gasteiger partial charge on any atom is 0.0767 e. The molecule has 3 rings (SSSR count). The molecule has 0 radical (unpaired) electrons. The third-order valence-corrected chi connectivity index (χ3v) is 4.71. The van der Waals surface area contributed by atoms with Crippen LogP contribution in [0, 0.1) is 5.41 Å². The molecular formula is C18H25N3. The summed E-state index contributed by atoms with van der Waals surface area (Å²) < 4.78 is 0. The zero-order valence-corrected chi connectivity index (χ0v) is 13.1. The number of anilines is 1. The van der Waals surface area contributed by atoms with Crippen molar-refractivity contribution < 1.29 is 0 Å². The van der Waals surface area contributed by atoms with Crippen molar-refractivity contribution in [2.75, 3.05) is 18.8 Å². The summed E-state index contributed by atoms with van der Waals surface area (Å²) in [6, 6.07) is 8.17. The van der Waals surface area contributed by atoms with Crippen LogP contribution in [-0.4, -0.2) is 23.0 Å². The standard InChI is InChI=1S/C18H25N3/c1-18(2)8-4-11-21(12-9-18)13-14-6-7-16(19)15-5-3-10-20-17(14)15/h3,5-7,10H,4,8-9,11-13,19H2,1-2H3. The predicted molar refractivity (Wildman–Crippen MR) is 89.1 cm³/mol. The van der Waals surface area contributed by atoms with Crippen molar-refractivity contribution >= 4 is 16.6 Å². The van der Waals surface area contributed by atoms with Gasteiger partial charge in [-0.1, -0.05) is 19.9 Å². The Balaban J connectivity index is 1.84. The lowest BCUT2D eigenvalue weighted by Gasteiger charge is -2.23. The average Bonchev–Trinajstić information content (AvgIpc) is 2.63. The Morgan fingerprint density at radius 1 is 1.19 bits per heavy atom. The summed E-state index contributed by atoms with van der Waals surface area (Å²) in [5.41, 5.74) is 9.71. The van der Waals surface area contributed by atoms with Crippen LogP contribution in [-0.2, 0) is 6.54 Å². The van der Waals surface area contributed by atoms with E-state index in [1.807, 2.05) is 18.3 Å². The smallest absolute Gasteiger partial charge is 0.0767 e. The van der Waals surface area contributed by atoms with Gasteiger partial charge in [0.1, 0.15) is 0 Å². The van der Waals surface area contributed by atoms with Crippen LogP contribution in [0.1, 0.15) is 38.7 Å². The van der Waals surface area contributed by atoms with Crippen LogP contribution in [0.3, 0.4) is 0 Å². The van der Waals surface area contributed by atoms with Gasteiger partial charge >= 0.3 is 0 Å². The lowest BCUT2D eigenvalue weighted by atomic mass is 9.85. The predicted octanol–water partition coefficient (Wildman–Crippen LogP) is 3.83. The van der Waals surface area contributed by atoms with Crippen LogP contribution in [0.15, 0.2) is 30.5 Å². The molecule has 2 aromatic rings. The summed E-state index contributed by atoms with van der Waals surface area (Å²) in [4.78, 5) is 7.12. The zero-order valence-electron chi connectivity index (χ0n) is 13.1. The van der Waals surface area contributed by atoms with Crippen LogP contribution in [0.5, 0.6) is 0 Å². The highest BCUT2D eigenvalue weighted by molar-refractivity contribution is 5.92. The van der Waals surface area contributed by atoms with E-state index < -0.39 is 0 Å². The number of benzene rings is 1. The first-order valence-electron chi connectivity index (χ1n) is 7.90. The average molecular weight is 283 g/mol. The highest BCUT2D eigenvalue weighted by Crippen LogP contribution is 2.31. The van der Waals surface area contributed by atoms with Gasteiger partial charge in [0.2, 0.25) is 0 Å². The van der Waals surface area contributed by atoms with Crippen molar-refractivity contribution in [2.24, 2.45) is 5.41 Å². The molecule has 3 nitrogen and oxygen atoms in total. The van der Waals surface area contributed by atoms with Gasteiger partial charge in [-0.15, -0.1) is 0 Å². The first-order valence-corrected chi connectivity index (χ1v) is 7.90. The van der Waals surface area contributed by atoms with Crippen molar-refractivity contribution in [3.63, 3.8) is 0 Å². The normalized spacial score (nSPS) is 19.5. The molecule has 3 heteroatoms. The molecule has 0 amide bonds. The summed E-state index contributed by atoms with van der Waals surface area (Å²) >= 11 is 0. The second-order valence-corrected chi connectivity index (χ2v) is 7.01. The van der Waals surface area contributed by atoms with Gasteiger partial charge in [-0.05, 0) is 61.5 Å². The summed E-state index contributed by atoms with van der Waals surface area (Å²) in [5.74, 6) is 0. The van der Waals surface area contributed by atoms with Crippen molar-refractivity contribution in [1.29, 1.82) is 0 Å². The summed E-state index contributed by atoms with van der Waals surface area (Å²) in [5, 5.41) is 1.07. The molecule has 1 aromatic heterocycles. The molecule has 0 spiro atoms. The molecule has 0 saturated carbocycles. The zero-order chi connectivity index (χ0) is 14.9. The molecule has 1 aliphatic heterocycles. The second kappa shape index (κ2) is 5.64. The highest BCUT2D eigenvalue weighted by Gasteiger charge is 2.23. The fourth-order valence-electron chi connectivity index (χ4n) is 3.26. The maximum absolute atomic E-state index is 6.07. The van der Waals surface area contributed by atoms with Crippen molar-refractivity contribution in [3.05, 3.63) is 36.0 Å². The largest absolute Gasteiger partial charge is 0.398 e. The Kier molecular flexibility index (Phi) is 3.85. The molecule has 0 atom stereocenters. The number of likely N-dealkylation sites (tertiary alicyclic amines) is 1. The van der Waals surface area contributed by atoms with Gasteiger partial charge in [-0.2, -0.15) is 0 Å². The van der Waals surface area contributed by atoms with E-state index in [1.54, 1.807) is 0 Å². The van der Waals surface area contributed by atoms with Crippen molar-refractivity contribution in [1.82, 2.24) is 9.88 Å². The van der Waals surface area contributed by atoms with Gasteiger partial charge in [-0.3, -0.25) is 9.88 Å². The van der Waals surface area contributed by atoms with Crippen LogP contribution in [0.4, 0.5) is 5.69 Å². The third-order valence-electron chi connectivity index (χ3n) is 4.71. The third kappa shape index (κ3) is 3.18. The minimum atomic E-state index is 0.482. The first kappa shape index (κ1) is 14.3. The number of fused-ring (bicyclic) bond motifs is 1. The second-order valence-electron chi connectivity index (χ2n) is 7.01. The Morgan fingerprint density at radius 2 is 2.05 bits per heavy atom. The van der Waals surface area contributed by atoms with Crippen LogP contribution in [0.25, 0.3) is 10.9 Å². The maximum atomic E-state index is 6.07. The van der Waals surface area contributed by atoms with E-state index >= 15 is 0 Å². The first-order chi connectivity index (χ1) is 10.1. The number of nitrogen functional groups attached to an aromatic ring is 1. The minimum Gasteiger partial charge on any atom is -0.398 e. The lowest BCUT2D eigenvalue weighted by Crippen LogP contribution is -2.25. The molecule has 0 bridgehead atoms. The molecule has 1 saturated heterocycles. The lowest BCUT2D eigenvalue weighted by molar-refractivity contribution is 0.256. The van der Waals surface area contributed by atoms with E-state index in [0.717, 1.165) is 23.1 Å². The topological polar surface area (TPSA) is 42.1 Å². The molecule has 1 fully saturated rings. The molecule has 0 unspecified atom stereocenters. The number of aromatic nitrogens is 1. The van der Waals surface area contributed by atoms with Gasteiger partial charge in [0.15, 0.2) is 0 Å². The van der Waals surface area contributed by atoms with E-state index in [4.69, 9.17) is 5.73 Å². The van der Waals surface area contributed by atoms with Gasteiger partial charge in [0, 0.05) is 23.8 Å². The van der Waals surface area contributed by atoms with E-state index in [2.05, 4.69) is 35.9 Å². The van der Waals surface area contributed by atoms with Gasteiger partial charge in [0.25, 0.3) is 0 Å². The van der Waals surface area contributed by atoms with Crippen LogP contribution < -0.4 is 5.73 Å².